The van der Waals surface area contributed by atoms with Gasteiger partial charge < -0.3 is 5.11 Å². The van der Waals surface area contributed by atoms with Gasteiger partial charge in [-0.15, -0.1) is 0 Å². The van der Waals surface area contributed by atoms with E-state index in [0.29, 0.717) is 11.8 Å². The molecule has 128 valence electrons. The first-order chi connectivity index (χ1) is 10.5. The van der Waals surface area contributed by atoms with Gasteiger partial charge in [0.2, 0.25) is 0 Å². The van der Waals surface area contributed by atoms with Crippen molar-refractivity contribution < 1.29 is 9.90 Å². The van der Waals surface area contributed by atoms with Crippen molar-refractivity contribution in [3.63, 3.8) is 0 Å². The lowest BCUT2D eigenvalue weighted by molar-refractivity contribution is -0.137. The van der Waals surface area contributed by atoms with Crippen LogP contribution in [0.1, 0.15) is 97.3 Å². The number of hydrogen-bond donors (Lipinski definition) is 1. The summed E-state index contributed by atoms with van der Waals surface area (Å²) in [6.07, 6.45) is 16.3. The second kappa shape index (κ2) is 8.36. The van der Waals surface area contributed by atoms with E-state index < -0.39 is 5.97 Å². The van der Waals surface area contributed by atoms with Gasteiger partial charge in [-0.3, -0.25) is 4.79 Å². The van der Waals surface area contributed by atoms with Crippen molar-refractivity contribution in [3.05, 3.63) is 0 Å². The van der Waals surface area contributed by atoms with Crippen molar-refractivity contribution in [2.75, 3.05) is 0 Å². The van der Waals surface area contributed by atoms with E-state index in [1.165, 1.54) is 64.2 Å². The number of carboxylic acids is 1. The fourth-order valence-electron chi connectivity index (χ4n) is 5.05. The summed E-state index contributed by atoms with van der Waals surface area (Å²) in [6, 6.07) is 0. The van der Waals surface area contributed by atoms with Crippen LogP contribution in [-0.2, 0) is 4.79 Å². The highest BCUT2D eigenvalue weighted by Gasteiger charge is 2.53. The Labute approximate surface area is 137 Å². The lowest BCUT2D eigenvalue weighted by Crippen LogP contribution is -2.52. The lowest BCUT2D eigenvalue weighted by Gasteiger charge is -2.60. The molecule has 0 heterocycles. The third kappa shape index (κ3) is 4.73. The summed E-state index contributed by atoms with van der Waals surface area (Å²) in [5, 5.41) is 8.57. The summed E-state index contributed by atoms with van der Waals surface area (Å²) in [6.45, 7) is 5.00. The summed E-state index contributed by atoms with van der Waals surface area (Å²) < 4.78 is 0. The first-order valence-electron chi connectivity index (χ1n) is 9.73. The number of unbranched alkanes of at least 4 members (excludes halogenated alkanes) is 7. The molecule has 0 aromatic rings. The van der Waals surface area contributed by atoms with Crippen molar-refractivity contribution in [2.24, 2.45) is 23.2 Å². The Bertz CT molecular complexity index is 346. The summed E-state index contributed by atoms with van der Waals surface area (Å²) >= 11 is 0. The molecule has 3 atom stereocenters. The van der Waals surface area contributed by atoms with Crippen LogP contribution in [0.15, 0.2) is 0 Å². The smallest absolute Gasteiger partial charge is 0.303 e. The quantitative estimate of drug-likeness (QED) is 0.472. The minimum absolute atomic E-state index is 0.347. The van der Waals surface area contributed by atoms with Gasteiger partial charge in [-0.25, -0.2) is 0 Å². The monoisotopic (exact) mass is 308 g/mol. The summed E-state index contributed by atoms with van der Waals surface area (Å²) in [4.78, 5) is 10.4. The minimum Gasteiger partial charge on any atom is -0.481 e. The van der Waals surface area contributed by atoms with Gasteiger partial charge in [0.15, 0.2) is 0 Å². The predicted octanol–water partition coefficient (Wildman–Crippen LogP) is 6.04. The predicted molar refractivity (Wildman–Crippen MR) is 91.9 cm³/mol. The van der Waals surface area contributed by atoms with Gasteiger partial charge in [-0.1, -0.05) is 65.2 Å². The maximum absolute atomic E-state index is 10.4. The van der Waals surface area contributed by atoms with Crippen LogP contribution >= 0.6 is 0 Å². The second-order valence-corrected chi connectivity index (χ2v) is 8.46. The molecule has 1 unspecified atom stereocenters. The van der Waals surface area contributed by atoms with Gasteiger partial charge in [-0.05, 0) is 48.9 Å². The molecule has 0 aromatic carbocycles. The van der Waals surface area contributed by atoms with Gasteiger partial charge in [0.25, 0.3) is 0 Å². The van der Waals surface area contributed by atoms with Crippen molar-refractivity contribution in [2.45, 2.75) is 97.3 Å². The summed E-state index contributed by atoms with van der Waals surface area (Å²) in [5.74, 6) is 2.44. The molecule has 3 rings (SSSR count). The molecule has 3 saturated carbocycles. The molecule has 0 amide bonds. The van der Waals surface area contributed by atoms with Crippen LogP contribution in [0.25, 0.3) is 0 Å². The van der Waals surface area contributed by atoms with E-state index in [-0.39, 0.29) is 0 Å². The summed E-state index contributed by atoms with van der Waals surface area (Å²) in [5.41, 5.74) is 0.652. The van der Waals surface area contributed by atoms with Crippen LogP contribution in [0.2, 0.25) is 0 Å². The van der Waals surface area contributed by atoms with Crippen molar-refractivity contribution in [1.82, 2.24) is 0 Å². The van der Waals surface area contributed by atoms with Crippen LogP contribution in [0.3, 0.4) is 0 Å². The fourth-order valence-corrected chi connectivity index (χ4v) is 5.05. The molecule has 3 aliphatic rings. The third-order valence-corrected chi connectivity index (χ3v) is 6.72. The molecule has 0 aromatic heterocycles. The van der Waals surface area contributed by atoms with E-state index in [1.54, 1.807) is 0 Å². The number of carbonyl (C=O) groups is 1. The average molecular weight is 309 g/mol. The van der Waals surface area contributed by atoms with Gasteiger partial charge in [0.05, 0.1) is 0 Å². The molecule has 3 aliphatic carbocycles. The first-order valence-corrected chi connectivity index (χ1v) is 9.73. The normalized spacial score (nSPS) is 29.1. The van der Waals surface area contributed by atoms with Crippen LogP contribution in [0.4, 0.5) is 0 Å². The number of carboxylic acid groups (broad SMARTS) is 1. The van der Waals surface area contributed by atoms with Gasteiger partial charge >= 0.3 is 5.97 Å². The van der Waals surface area contributed by atoms with Crippen molar-refractivity contribution in [3.8, 4) is 0 Å². The van der Waals surface area contributed by atoms with E-state index in [1.807, 2.05) is 0 Å². The zero-order valence-electron chi connectivity index (χ0n) is 14.8. The highest BCUT2D eigenvalue weighted by atomic mass is 16.4. The Morgan fingerprint density at radius 2 is 1.55 bits per heavy atom. The summed E-state index contributed by atoms with van der Waals surface area (Å²) in [7, 11) is 0. The average Bonchev–Trinajstić information content (AvgIpc) is 2.48. The zero-order valence-corrected chi connectivity index (χ0v) is 14.8. The number of rotatable bonds is 11. The molecule has 3 fully saturated rings. The van der Waals surface area contributed by atoms with Crippen LogP contribution < -0.4 is 0 Å². The fraction of sp³-hybridized carbons (Fsp3) is 0.950. The zero-order chi connectivity index (χ0) is 16.0. The minimum atomic E-state index is -0.649. The number of aliphatic carboxylic acids is 1. The molecule has 22 heavy (non-hydrogen) atoms. The molecule has 2 nitrogen and oxygen atoms in total. The van der Waals surface area contributed by atoms with E-state index in [9.17, 15) is 4.79 Å². The lowest BCUT2D eigenvalue weighted by atomic mass is 9.45. The standard InChI is InChI=1S/C20H36O2/c1-20(2)17-14-13-16(18(20)15-17)11-9-7-5-3-4-6-8-10-12-19(21)22/h16-18H,3-15H2,1-2H3,(H,21,22)/t16?,17-,18-/m0/s1. The molecule has 2 bridgehead atoms. The SMILES string of the molecule is CC1(C)[C@H]2CCC(CCCCCCCCCCC(=O)O)[C@@H]1C2. The van der Waals surface area contributed by atoms with E-state index in [4.69, 9.17) is 5.11 Å². The van der Waals surface area contributed by atoms with Gasteiger partial charge in [-0.2, -0.15) is 0 Å². The Hall–Kier alpha value is -0.530. The van der Waals surface area contributed by atoms with Crippen LogP contribution in [-0.4, -0.2) is 11.1 Å². The van der Waals surface area contributed by atoms with Crippen molar-refractivity contribution in [1.29, 1.82) is 0 Å². The second-order valence-electron chi connectivity index (χ2n) is 8.46. The Balaban J connectivity index is 1.41. The third-order valence-electron chi connectivity index (χ3n) is 6.72. The molecule has 0 saturated heterocycles. The Kier molecular flexibility index (Phi) is 6.77. The van der Waals surface area contributed by atoms with E-state index in [0.717, 1.165) is 30.6 Å². The van der Waals surface area contributed by atoms with Crippen LogP contribution in [0, 0.1) is 23.2 Å². The molecule has 2 heteroatoms. The topological polar surface area (TPSA) is 37.3 Å². The number of fused-ring (bicyclic) bond motifs is 2. The molecular formula is C20H36O2. The Morgan fingerprint density at radius 1 is 0.955 bits per heavy atom. The van der Waals surface area contributed by atoms with Crippen LogP contribution in [0.5, 0.6) is 0 Å². The molecule has 1 N–H and O–H groups in total. The van der Waals surface area contributed by atoms with Crippen molar-refractivity contribution >= 4 is 5.97 Å². The maximum atomic E-state index is 10.4. The molecule has 0 radical (unpaired) electrons. The van der Waals surface area contributed by atoms with E-state index in [2.05, 4.69) is 13.8 Å². The van der Waals surface area contributed by atoms with Gasteiger partial charge in [0, 0.05) is 6.42 Å². The first kappa shape index (κ1) is 17.8. The molecule has 0 aliphatic heterocycles. The van der Waals surface area contributed by atoms with E-state index >= 15 is 0 Å². The highest BCUT2D eigenvalue weighted by Crippen LogP contribution is 2.62. The molecule has 0 spiro atoms. The highest BCUT2D eigenvalue weighted by molar-refractivity contribution is 5.66. The Morgan fingerprint density at radius 3 is 2.09 bits per heavy atom. The largest absolute Gasteiger partial charge is 0.481 e. The molecular weight excluding hydrogens is 272 g/mol. The number of hydrogen-bond acceptors (Lipinski definition) is 1. The maximum Gasteiger partial charge on any atom is 0.303 e. The van der Waals surface area contributed by atoms with Gasteiger partial charge in [0.1, 0.15) is 0 Å².